The number of nitrogens with one attached hydrogen (secondary N) is 1. The summed E-state index contributed by atoms with van der Waals surface area (Å²) in [5.74, 6) is 0.690. The first kappa shape index (κ1) is 12.6. The lowest BCUT2D eigenvalue weighted by atomic mass is 9.99. The van der Waals surface area contributed by atoms with Crippen molar-refractivity contribution in [3.63, 3.8) is 0 Å². The number of aryl methyl sites for hydroxylation is 1. The Hall–Kier alpha value is -0.860. The first-order chi connectivity index (χ1) is 8.27. The van der Waals surface area contributed by atoms with Gasteiger partial charge >= 0.3 is 0 Å². The molecule has 0 aromatic heterocycles. The van der Waals surface area contributed by atoms with Crippen molar-refractivity contribution in [3.8, 4) is 0 Å². The fraction of sp³-hybridized carbons (Fsp3) is 0.600. The number of hydrogen-bond donors (Lipinski definition) is 1. The molecular formula is C15H23NO. The second-order valence-corrected chi connectivity index (χ2v) is 5.07. The molecule has 0 aliphatic carbocycles. The van der Waals surface area contributed by atoms with E-state index >= 15 is 0 Å². The lowest BCUT2D eigenvalue weighted by Crippen LogP contribution is -2.31. The Morgan fingerprint density at radius 1 is 1.41 bits per heavy atom. The van der Waals surface area contributed by atoms with Crippen LogP contribution < -0.4 is 5.32 Å². The van der Waals surface area contributed by atoms with Gasteiger partial charge in [0.15, 0.2) is 0 Å². The molecule has 0 spiro atoms. The van der Waals surface area contributed by atoms with Gasteiger partial charge in [-0.15, -0.1) is 0 Å². The smallest absolute Gasteiger partial charge is 0.0506 e. The van der Waals surface area contributed by atoms with Gasteiger partial charge in [0.25, 0.3) is 0 Å². The third kappa shape index (κ3) is 3.55. The fourth-order valence-corrected chi connectivity index (χ4v) is 2.49. The summed E-state index contributed by atoms with van der Waals surface area (Å²) in [5.41, 5.74) is 2.77. The summed E-state index contributed by atoms with van der Waals surface area (Å²) >= 11 is 0. The summed E-state index contributed by atoms with van der Waals surface area (Å²) in [6, 6.07) is 9.03. The molecule has 1 fully saturated rings. The lowest BCUT2D eigenvalue weighted by Gasteiger charge is -2.25. The van der Waals surface area contributed by atoms with Crippen LogP contribution in [0.25, 0.3) is 0 Å². The van der Waals surface area contributed by atoms with E-state index in [-0.39, 0.29) is 0 Å². The van der Waals surface area contributed by atoms with Crippen molar-refractivity contribution in [1.82, 2.24) is 5.32 Å². The van der Waals surface area contributed by atoms with Crippen LogP contribution in [0.3, 0.4) is 0 Å². The quantitative estimate of drug-likeness (QED) is 0.863. The number of hydrogen-bond acceptors (Lipinski definition) is 2. The van der Waals surface area contributed by atoms with E-state index in [4.69, 9.17) is 4.74 Å². The predicted molar refractivity (Wildman–Crippen MR) is 71.1 cm³/mol. The summed E-state index contributed by atoms with van der Waals surface area (Å²) in [6.07, 6.45) is 2.51. The molecule has 1 aliphatic heterocycles. The van der Waals surface area contributed by atoms with Crippen molar-refractivity contribution in [2.45, 2.75) is 32.7 Å². The molecule has 17 heavy (non-hydrogen) atoms. The first-order valence-electron chi connectivity index (χ1n) is 6.64. The van der Waals surface area contributed by atoms with Crippen molar-refractivity contribution in [2.75, 3.05) is 19.8 Å². The minimum Gasteiger partial charge on any atom is -0.381 e. The maximum Gasteiger partial charge on any atom is 0.0506 e. The number of benzene rings is 1. The molecule has 2 nitrogen and oxygen atoms in total. The van der Waals surface area contributed by atoms with Gasteiger partial charge in [0.05, 0.1) is 6.61 Å². The molecule has 0 amide bonds. The molecule has 2 atom stereocenters. The second kappa shape index (κ2) is 6.18. The van der Waals surface area contributed by atoms with E-state index in [9.17, 15) is 0 Å². The maximum atomic E-state index is 5.50. The van der Waals surface area contributed by atoms with E-state index in [2.05, 4.69) is 43.4 Å². The highest BCUT2D eigenvalue weighted by molar-refractivity contribution is 5.28. The summed E-state index contributed by atoms with van der Waals surface area (Å²) < 4.78 is 5.50. The highest BCUT2D eigenvalue weighted by Crippen LogP contribution is 2.18. The highest BCUT2D eigenvalue weighted by atomic mass is 16.5. The van der Waals surface area contributed by atoms with Gasteiger partial charge < -0.3 is 10.1 Å². The zero-order chi connectivity index (χ0) is 12.1. The van der Waals surface area contributed by atoms with Crippen LogP contribution in [-0.2, 0) is 4.74 Å². The largest absolute Gasteiger partial charge is 0.381 e. The zero-order valence-electron chi connectivity index (χ0n) is 10.9. The van der Waals surface area contributed by atoms with Gasteiger partial charge in [0, 0.05) is 19.2 Å². The Bertz CT molecular complexity index is 345. The zero-order valence-corrected chi connectivity index (χ0v) is 10.9. The standard InChI is InChI=1S/C15H23NO/c1-12-6-3-4-8-15(12)13(2)16-10-14-7-5-9-17-11-14/h3-4,6,8,13-14,16H,5,7,9-11H2,1-2H3. The van der Waals surface area contributed by atoms with Gasteiger partial charge in [-0.2, -0.15) is 0 Å². The molecule has 2 rings (SSSR count). The van der Waals surface area contributed by atoms with E-state index in [0.29, 0.717) is 12.0 Å². The highest BCUT2D eigenvalue weighted by Gasteiger charge is 2.15. The molecule has 1 aromatic carbocycles. The average Bonchev–Trinajstić information content (AvgIpc) is 2.38. The van der Waals surface area contributed by atoms with E-state index in [1.807, 2.05) is 0 Å². The molecule has 1 aromatic rings. The minimum absolute atomic E-state index is 0.429. The van der Waals surface area contributed by atoms with Crippen LogP contribution in [-0.4, -0.2) is 19.8 Å². The second-order valence-electron chi connectivity index (χ2n) is 5.07. The Kier molecular flexibility index (Phi) is 4.57. The number of ether oxygens (including phenoxy) is 1. The third-order valence-electron chi connectivity index (χ3n) is 3.62. The van der Waals surface area contributed by atoms with Crippen molar-refractivity contribution in [3.05, 3.63) is 35.4 Å². The van der Waals surface area contributed by atoms with E-state index in [1.54, 1.807) is 0 Å². The third-order valence-corrected chi connectivity index (χ3v) is 3.62. The molecule has 0 saturated carbocycles. The summed E-state index contributed by atoms with van der Waals surface area (Å²) in [5, 5.41) is 3.63. The topological polar surface area (TPSA) is 21.3 Å². The Morgan fingerprint density at radius 2 is 2.24 bits per heavy atom. The molecule has 2 unspecified atom stereocenters. The number of rotatable bonds is 4. The molecule has 1 aliphatic rings. The molecule has 94 valence electrons. The molecule has 0 bridgehead atoms. The molecule has 0 radical (unpaired) electrons. The maximum absolute atomic E-state index is 5.50. The molecule has 1 heterocycles. The Balaban J connectivity index is 1.84. The van der Waals surface area contributed by atoms with Crippen molar-refractivity contribution >= 4 is 0 Å². The fourth-order valence-electron chi connectivity index (χ4n) is 2.49. The van der Waals surface area contributed by atoms with Crippen LogP contribution >= 0.6 is 0 Å². The van der Waals surface area contributed by atoms with Crippen LogP contribution in [0.2, 0.25) is 0 Å². The van der Waals surface area contributed by atoms with Gasteiger partial charge in [-0.1, -0.05) is 24.3 Å². The molecule has 1 N–H and O–H groups in total. The Labute approximate surface area is 104 Å². The van der Waals surface area contributed by atoms with E-state index in [1.165, 1.54) is 24.0 Å². The van der Waals surface area contributed by atoms with Crippen LogP contribution in [0.1, 0.15) is 36.9 Å². The normalized spacial score (nSPS) is 22.4. The minimum atomic E-state index is 0.429. The van der Waals surface area contributed by atoms with E-state index < -0.39 is 0 Å². The van der Waals surface area contributed by atoms with Crippen molar-refractivity contribution < 1.29 is 4.74 Å². The molecule has 2 heteroatoms. The van der Waals surface area contributed by atoms with Gasteiger partial charge in [-0.05, 0) is 43.7 Å². The van der Waals surface area contributed by atoms with Crippen LogP contribution in [0.4, 0.5) is 0 Å². The lowest BCUT2D eigenvalue weighted by molar-refractivity contribution is 0.0540. The van der Waals surface area contributed by atoms with Crippen LogP contribution in [0, 0.1) is 12.8 Å². The van der Waals surface area contributed by atoms with Crippen LogP contribution in [0.5, 0.6) is 0 Å². The van der Waals surface area contributed by atoms with E-state index in [0.717, 1.165) is 19.8 Å². The molecular weight excluding hydrogens is 210 g/mol. The summed E-state index contributed by atoms with van der Waals surface area (Å²) in [6.45, 7) is 7.36. The monoisotopic (exact) mass is 233 g/mol. The van der Waals surface area contributed by atoms with Crippen molar-refractivity contribution in [1.29, 1.82) is 0 Å². The van der Waals surface area contributed by atoms with Gasteiger partial charge in [-0.25, -0.2) is 0 Å². The summed E-state index contributed by atoms with van der Waals surface area (Å²) in [4.78, 5) is 0. The van der Waals surface area contributed by atoms with Gasteiger partial charge in [-0.3, -0.25) is 0 Å². The molecule has 1 saturated heterocycles. The van der Waals surface area contributed by atoms with Crippen molar-refractivity contribution in [2.24, 2.45) is 5.92 Å². The SMILES string of the molecule is Cc1ccccc1C(C)NCC1CCCOC1. The first-order valence-corrected chi connectivity index (χ1v) is 6.64. The Morgan fingerprint density at radius 3 is 2.94 bits per heavy atom. The van der Waals surface area contributed by atoms with Gasteiger partial charge in [0.1, 0.15) is 0 Å². The summed E-state index contributed by atoms with van der Waals surface area (Å²) in [7, 11) is 0. The average molecular weight is 233 g/mol. The predicted octanol–water partition coefficient (Wildman–Crippen LogP) is 3.07. The van der Waals surface area contributed by atoms with Gasteiger partial charge in [0.2, 0.25) is 0 Å². The van der Waals surface area contributed by atoms with Crippen LogP contribution in [0.15, 0.2) is 24.3 Å².